The first kappa shape index (κ1) is 16.3. The Morgan fingerprint density at radius 2 is 1.96 bits per heavy atom. The van der Waals surface area contributed by atoms with E-state index in [1.54, 1.807) is 6.08 Å². The number of ether oxygens (including phenoxy) is 1. The molecule has 0 aliphatic carbocycles. The standard InChI is InChI=1S/C21H23NO2/c1-2-16-24-19-12-9-17(10-13-19)11-14-21(23)22-15-5-7-18-6-3-4-8-20(18)22/h3-4,6,8-14H,2,5,7,15-16H2,1H3/b14-11+. The highest BCUT2D eigenvalue weighted by atomic mass is 16.5. The van der Waals surface area contributed by atoms with Gasteiger partial charge >= 0.3 is 0 Å². The van der Waals surface area contributed by atoms with Crippen molar-refractivity contribution in [3.63, 3.8) is 0 Å². The van der Waals surface area contributed by atoms with Crippen LogP contribution in [0.25, 0.3) is 6.08 Å². The smallest absolute Gasteiger partial charge is 0.250 e. The van der Waals surface area contributed by atoms with Crippen LogP contribution in [0.4, 0.5) is 5.69 Å². The van der Waals surface area contributed by atoms with E-state index in [0.29, 0.717) is 0 Å². The largest absolute Gasteiger partial charge is 0.494 e. The van der Waals surface area contributed by atoms with Crippen molar-refractivity contribution in [1.29, 1.82) is 0 Å². The first-order valence-corrected chi connectivity index (χ1v) is 8.58. The number of nitrogens with zero attached hydrogens (tertiary/aromatic N) is 1. The molecule has 0 N–H and O–H groups in total. The van der Waals surface area contributed by atoms with Gasteiger partial charge in [0.1, 0.15) is 5.75 Å². The summed E-state index contributed by atoms with van der Waals surface area (Å²) in [4.78, 5) is 14.4. The lowest BCUT2D eigenvalue weighted by Gasteiger charge is -2.28. The normalized spacial score (nSPS) is 13.8. The van der Waals surface area contributed by atoms with E-state index in [9.17, 15) is 4.79 Å². The van der Waals surface area contributed by atoms with Gasteiger partial charge in [0.25, 0.3) is 5.91 Å². The molecule has 0 spiro atoms. The fraction of sp³-hybridized carbons (Fsp3) is 0.286. The van der Waals surface area contributed by atoms with Crippen molar-refractivity contribution in [2.75, 3.05) is 18.1 Å². The van der Waals surface area contributed by atoms with Gasteiger partial charge in [0.2, 0.25) is 0 Å². The molecule has 3 nitrogen and oxygen atoms in total. The molecule has 0 fully saturated rings. The minimum atomic E-state index is 0.0356. The van der Waals surface area contributed by atoms with E-state index >= 15 is 0 Å². The number of rotatable bonds is 5. The summed E-state index contributed by atoms with van der Waals surface area (Å²) in [6.07, 6.45) is 6.57. The summed E-state index contributed by atoms with van der Waals surface area (Å²) in [6.45, 7) is 3.59. The molecule has 0 unspecified atom stereocenters. The summed E-state index contributed by atoms with van der Waals surface area (Å²) >= 11 is 0. The van der Waals surface area contributed by atoms with Crippen LogP contribution in [0, 0.1) is 0 Å². The van der Waals surface area contributed by atoms with Crippen LogP contribution in [0.3, 0.4) is 0 Å². The first-order valence-electron chi connectivity index (χ1n) is 8.58. The number of benzene rings is 2. The molecule has 1 amide bonds. The highest BCUT2D eigenvalue weighted by molar-refractivity contribution is 6.04. The molecular weight excluding hydrogens is 298 g/mol. The topological polar surface area (TPSA) is 29.5 Å². The number of hydrogen-bond acceptors (Lipinski definition) is 2. The number of anilines is 1. The lowest BCUT2D eigenvalue weighted by Crippen LogP contribution is -2.34. The van der Waals surface area contributed by atoms with E-state index in [1.807, 2.05) is 53.4 Å². The van der Waals surface area contributed by atoms with E-state index in [-0.39, 0.29) is 5.91 Å². The molecular formula is C21H23NO2. The fourth-order valence-corrected chi connectivity index (χ4v) is 2.92. The van der Waals surface area contributed by atoms with Gasteiger partial charge < -0.3 is 9.64 Å². The van der Waals surface area contributed by atoms with Gasteiger partial charge in [-0.1, -0.05) is 37.3 Å². The third-order valence-electron chi connectivity index (χ3n) is 4.15. The van der Waals surface area contributed by atoms with Crippen molar-refractivity contribution in [2.45, 2.75) is 26.2 Å². The zero-order valence-corrected chi connectivity index (χ0v) is 14.1. The summed E-state index contributed by atoms with van der Waals surface area (Å²) < 4.78 is 5.57. The number of carbonyl (C=O) groups is 1. The second-order valence-electron chi connectivity index (χ2n) is 5.97. The molecule has 24 heavy (non-hydrogen) atoms. The van der Waals surface area contributed by atoms with Gasteiger partial charge in [0, 0.05) is 18.3 Å². The van der Waals surface area contributed by atoms with Crippen molar-refractivity contribution in [3.8, 4) is 5.75 Å². The molecule has 2 aromatic carbocycles. The zero-order chi connectivity index (χ0) is 16.8. The molecule has 124 valence electrons. The SMILES string of the molecule is CCCOc1ccc(/C=C/C(=O)N2CCCc3ccccc32)cc1. The Bertz CT molecular complexity index is 719. The summed E-state index contributed by atoms with van der Waals surface area (Å²) in [5, 5.41) is 0. The molecule has 0 bridgehead atoms. The maximum Gasteiger partial charge on any atom is 0.250 e. The van der Waals surface area contributed by atoms with Crippen LogP contribution in [0.1, 0.15) is 30.9 Å². The molecule has 0 saturated heterocycles. The Morgan fingerprint density at radius 3 is 2.75 bits per heavy atom. The summed E-state index contributed by atoms with van der Waals surface area (Å²) in [6, 6.07) is 16.0. The molecule has 1 aliphatic heterocycles. The van der Waals surface area contributed by atoms with Gasteiger partial charge in [-0.25, -0.2) is 0 Å². The van der Waals surface area contributed by atoms with Gasteiger partial charge in [0.05, 0.1) is 6.61 Å². The van der Waals surface area contributed by atoms with Crippen molar-refractivity contribution < 1.29 is 9.53 Å². The first-order chi connectivity index (χ1) is 11.8. The van der Waals surface area contributed by atoms with E-state index < -0.39 is 0 Å². The molecule has 3 heteroatoms. The number of hydrogen-bond donors (Lipinski definition) is 0. The summed E-state index contributed by atoms with van der Waals surface area (Å²) in [7, 11) is 0. The van der Waals surface area contributed by atoms with Gasteiger partial charge in [-0.15, -0.1) is 0 Å². The van der Waals surface area contributed by atoms with E-state index in [0.717, 1.165) is 49.4 Å². The summed E-state index contributed by atoms with van der Waals surface area (Å²) in [5.41, 5.74) is 3.29. The van der Waals surface area contributed by atoms with Crippen LogP contribution in [0.15, 0.2) is 54.6 Å². The average molecular weight is 321 g/mol. The lowest BCUT2D eigenvalue weighted by atomic mass is 10.0. The van der Waals surface area contributed by atoms with Gasteiger partial charge in [0.15, 0.2) is 0 Å². The maximum absolute atomic E-state index is 12.6. The molecule has 3 rings (SSSR count). The third-order valence-corrected chi connectivity index (χ3v) is 4.15. The number of para-hydroxylation sites is 1. The monoisotopic (exact) mass is 321 g/mol. The van der Waals surface area contributed by atoms with Gasteiger partial charge in [-0.2, -0.15) is 0 Å². The maximum atomic E-state index is 12.6. The molecule has 1 heterocycles. The Kier molecular flexibility index (Phi) is 5.32. The molecule has 0 aromatic heterocycles. The third kappa shape index (κ3) is 3.85. The lowest BCUT2D eigenvalue weighted by molar-refractivity contribution is -0.114. The van der Waals surface area contributed by atoms with E-state index in [4.69, 9.17) is 4.74 Å². The van der Waals surface area contributed by atoms with Crippen LogP contribution in [0.5, 0.6) is 5.75 Å². The van der Waals surface area contributed by atoms with Gasteiger partial charge in [-0.3, -0.25) is 4.79 Å². The second-order valence-corrected chi connectivity index (χ2v) is 5.97. The van der Waals surface area contributed by atoms with Gasteiger partial charge in [-0.05, 0) is 54.7 Å². The molecule has 1 aliphatic rings. The van der Waals surface area contributed by atoms with Crippen LogP contribution < -0.4 is 9.64 Å². The molecule has 0 saturated carbocycles. The zero-order valence-electron chi connectivity index (χ0n) is 14.1. The van der Waals surface area contributed by atoms with Crippen LogP contribution >= 0.6 is 0 Å². The minimum Gasteiger partial charge on any atom is -0.494 e. The van der Waals surface area contributed by atoms with Crippen molar-refractivity contribution in [3.05, 3.63) is 65.7 Å². The number of carbonyl (C=O) groups excluding carboxylic acids is 1. The summed E-state index contributed by atoms with van der Waals surface area (Å²) in [5.74, 6) is 0.902. The Morgan fingerprint density at radius 1 is 1.17 bits per heavy atom. The predicted molar refractivity (Wildman–Crippen MR) is 98.4 cm³/mol. The molecule has 0 atom stereocenters. The number of amides is 1. The van der Waals surface area contributed by atoms with Crippen molar-refractivity contribution in [2.24, 2.45) is 0 Å². The average Bonchev–Trinajstić information content (AvgIpc) is 2.64. The van der Waals surface area contributed by atoms with E-state index in [1.165, 1.54) is 5.56 Å². The Balaban J connectivity index is 1.68. The van der Waals surface area contributed by atoms with E-state index in [2.05, 4.69) is 13.0 Å². The van der Waals surface area contributed by atoms with Crippen molar-refractivity contribution >= 4 is 17.7 Å². The number of aryl methyl sites for hydroxylation is 1. The van der Waals surface area contributed by atoms with Crippen LogP contribution in [-0.2, 0) is 11.2 Å². The molecule has 2 aromatic rings. The Labute approximate surface area is 143 Å². The highest BCUT2D eigenvalue weighted by Gasteiger charge is 2.20. The quantitative estimate of drug-likeness (QED) is 0.761. The minimum absolute atomic E-state index is 0.0356. The molecule has 0 radical (unpaired) electrons. The second kappa shape index (κ2) is 7.82. The van der Waals surface area contributed by atoms with Crippen molar-refractivity contribution in [1.82, 2.24) is 0 Å². The fourth-order valence-electron chi connectivity index (χ4n) is 2.92. The van der Waals surface area contributed by atoms with Crippen LogP contribution in [-0.4, -0.2) is 19.1 Å². The van der Waals surface area contributed by atoms with Crippen LogP contribution in [0.2, 0.25) is 0 Å². The Hall–Kier alpha value is -2.55. The highest BCUT2D eigenvalue weighted by Crippen LogP contribution is 2.27. The predicted octanol–water partition coefficient (Wildman–Crippen LogP) is 4.47. The number of fused-ring (bicyclic) bond motifs is 1.